The molecule has 6 nitrogen and oxygen atoms in total. The van der Waals surface area contributed by atoms with Gasteiger partial charge in [-0.15, -0.1) is 0 Å². The Bertz CT molecular complexity index is 688. The highest BCUT2D eigenvalue weighted by molar-refractivity contribution is 6.02. The fourth-order valence-electron chi connectivity index (χ4n) is 2.23. The Balaban J connectivity index is 1.68. The van der Waals surface area contributed by atoms with Gasteiger partial charge in [-0.05, 0) is 29.8 Å². The average molecular weight is 297 g/mol. The minimum absolute atomic E-state index is 0.265. The number of ether oxygens (including phenoxy) is 1. The number of pyridine rings is 1. The van der Waals surface area contributed by atoms with E-state index in [2.05, 4.69) is 10.3 Å². The SMILES string of the molecule is O=C(Nc1cccc(CN2CCOC2=O)c1)c1ccccn1. The second-order valence-electron chi connectivity index (χ2n) is 4.91. The second-order valence-corrected chi connectivity index (χ2v) is 4.91. The summed E-state index contributed by atoms with van der Waals surface area (Å²) < 4.78 is 4.90. The van der Waals surface area contributed by atoms with Crippen LogP contribution in [0.3, 0.4) is 0 Å². The van der Waals surface area contributed by atoms with Gasteiger partial charge >= 0.3 is 6.09 Å². The number of carbonyl (C=O) groups is 2. The summed E-state index contributed by atoms with van der Waals surface area (Å²) in [6.07, 6.45) is 1.27. The van der Waals surface area contributed by atoms with Gasteiger partial charge in [0, 0.05) is 18.4 Å². The maximum absolute atomic E-state index is 12.1. The molecule has 0 aliphatic carbocycles. The van der Waals surface area contributed by atoms with Crippen LogP contribution in [0.15, 0.2) is 48.7 Å². The summed E-state index contributed by atoms with van der Waals surface area (Å²) in [5.74, 6) is -0.265. The summed E-state index contributed by atoms with van der Waals surface area (Å²) in [6, 6.07) is 12.6. The Morgan fingerprint density at radius 3 is 2.91 bits per heavy atom. The van der Waals surface area contributed by atoms with Gasteiger partial charge in [-0.2, -0.15) is 0 Å². The maximum atomic E-state index is 12.1. The molecule has 1 aromatic carbocycles. The van der Waals surface area contributed by atoms with Crippen molar-refractivity contribution in [3.05, 3.63) is 59.9 Å². The zero-order chi connectivity index (χ0) is 15.4. The van der Waals surface area contributed by atoms with Gasteiger partial charge in [0.1, 0.15) is 12.3 Å². The Labute approximate surface area is 127 Å². The molecule has 3 rings (SSSR count). The van der Waals surface area contributed by atoms with Crippen molar-refractivity contribution in [1.29, 1.82) is 0 Å². The predicted molar refractivity (Wildman–Crippen MR) is 80.4 cm³/mol. The smallest absolute Gasteiger partial charge is 0.410 e. The molecule has 1 N–H and O–H groups in total. The average Bonchev–Trinajstić information content (AvgIpc) is 2.94. The van der Waals surface area contributed by atoms with Crippen molar-refractivity contribution in [2.24, 2.45) is 0 Å². The van der Waals surface area contributed by atoms with Crippen LogP contribution >= 0.6 is 0 Å². The number of anilines is 1. The largest absolute Gasteiger partial charge is 0.448 e. The quantitative estimate of drug-likeness (QED) is 0.940. The van der Waals surface area contributed by atoms with Crippen LogP contribution in [-0.2, 0) is 11.3 Å². The highest BCUT2D eigenvalue weighted by Crippen LogP contribution is 2.15. The second kappa shape index (κ2) is 6.26. The van der Waals surface area contributed by atoms with Crippen LogP contribution in [0, 0.1) is 0 Å². The molecule has 1 aliphatic heterocycles. The van der Waals surface area contributed by atoms with Crippen LogP contribution in [0.5, 0.6) is 0 Å². The van der Waals surface area contributed by atoms with Gasteiger partial charge in [-0.25, -0.2) is 4.79 Å². The van der Waals surface area contributed by atoms with Gasteiger partial charge in [0.05, 0.1) is 6.54 Å². The van der Waals surface area contributed by atoms with Crippen LogP contribution in [0.1, 0.15) is 16.1 Å². The number of aromatic nitrogens is 1. The molecule has 0 radical (unpaired) electrons. The van der Waals surface area contributed by atoms with Crippen molar-refractivity contribution in [1.82, 2.24) is 9.88 Å². The van der Waals surface area contributed by atoms with E-state index >= 15 is 0 Å². The Hall–Kier alpha value is -2.89. The minimum atomic E-state index is -0.303. The molecule has 1 aliphatic rings. The van der Waals surface area contributed by atoms with E-state index in [9.17, 15) is 9.59 Å². The van der Waals surface area contributed by atoms with Crippen LogP contribution in [0.25, 0.3) is 0 Å². The molecule has 0 bridgehead atoms. The lowest BCUT2D eigenvalue weighted by atomic mass is 10.2. The van der Waals surface area contributed by atoms with Gasteiger partial charge in [0.2, 0.25) is 0 Å². The Morgan fingerprint density at radius 2 is 2.18 bits per heavy atom. The summed E-state index contributed by atoms with van der Waals surface area (Å²) >= 11 is 0. The number of rotatable bonds is 4. The van der Waals surface area contributed by atoms with E-state index in [0.717, 1.165) is 5.56 Å². The van der Waals surface area contributed by atoms with Crippen LogP contribution in [0.4, 0.5) is 10.5 Å². The molecular formula is C16H15N3O3. The zero-order valence-electron chi connectivity index (χ0n) is 11.9. The van der Waals surface area contributed by atoms with E-state index in [1.54, 1.807) is 35.4 Å². The van der Waals surface area contributed by atoms with Crippen LogP contribution < -0.4 is 5.32 Å². The van der Waals surface area contributed by atoms with Crippen molar-refractivity contribution in [3.63, 3.8) is 0 Å². The molecule has 6 heteroatoms. The molecule has 112 valence electrons. The van der Waals surface area contributed by atoms with Crippen molar-refractivity contribution in [2.75, 3.05) is 18.5 Å². The summed E-state index contributed by atoms with van der Waals surface area (Å²) in [7, 11) is 0. The zero-order valence-corrected chi connectivity index (χ0v) is 11.9. The third kappa shape index (κ3) is 3.22. The van der Waals surface area contributed by atoms with Gasteiger partial charge in [-0.3, -0.25) is 9.78 Å². The predicted octanol–water partition coefficient (Wildman–Crippen LogP) is 2.29. The van der Waals surface area contributed by atoms with Crippen LogP contribution in [-0.4, -0.2) is 35.0 Å². The number of hydrogen-bond donors (Lipinski definition) is 1. The van der Waals surface area contributed by atoms with E-state index < -0.39 is 0 Å². The van der Waals surface area contributed by atoms with Crippen molar-refractivity contribution < 1.29 is 14.3 Å². The monoisotopic (exact) mass is 297 g/mol. The molecule has 0 saturated carbocycles. The number of carbonyl (C=O) groups excluding carboxylic acids is 2. The molecule has 0 spiro atoms. The first kappa shape index (κ1) is 14.1. The highest BCUT2D eigenvalue weighted by Gasteiger charge is 2.21. The maximum Gasteiger partial charge on any atom is 0.410 e. The summed E-state index contributed by atoms with van der Waals surface area (Å²) in [6.45, 7) is 1.48. The van der Waals surface area contributed by atoms with E-state index in [4.69, 9.17) is 4.74 Å². The molecule has 2 heterocycles. The van der Waals surface area contributed by atoms with Crippen molar-refractivity contribution in [3.8, 4) is 0 Å². The molecule has 0 atom stereocenters. The lowest BCUT2D eigenvalue weighted by molar-refractivity contribution is 0.102. The highest BCUT2D eigenvalue weighted by atomic mass is 16.6. The van der Waals surface area contributed by atoms with Crippen molar-refractivity contribution in [2.45, 2.75) is 6.54 Å². The van der Waals surface area contributed by atoms with Gasteiger partial charge in [0.25, 0.3) is 5.91 Å². The van der Waals surface area contributed by atoms with Gasteiger partial charge < -0.3 is 15.0 Å². The number of benzene rings is 1. The van der Waals surface area contributed by atoms with Crippen LogP contribution in [0.2, 0.25) is 0 Å². The molecule has 2 amide bonds. The molecule has 1 fully saturated rings. The van der Waals surface area contributed by atoms with E-state index in [1.165, 1.54) is 0 Å². The molecule has 1 aromatic heterocycles. The molecule has 2 aromatic rings. The first-order chi connectivity index (χ1) is 10.7. The normalized spacial score (nSPS) is 13.8. The number of cyclic esters (lactones) is 1. The number of hydrogen-bond acceptors (Lipinski definition) is 4. The van der Waals surface area contributed by atoms with Gasteiger partial charge in [0.15, 0.2) is 0 Å². The first-order valence-electron chi connectivity index (χ1n) is 6.95. The Kier molecular flexibility index (Phi) is 4.00. The standard InChI is InChI=1S/C16H15N3O3/c20-15(14-6-1-2-7-17-14)18-13-5-3-4-12(10-13)11-19-8-9-22-16(19)21/h1-7,10H,8-9,11H2,(H,18,20). The van der Waals surface area contributed by atoms with E-state index in [-0.39, 0.29) is 12.0 Å². The minimum Gasteiger partial charge on any atom is -0.448 e. The van der Waals surface area contributed by atoms with E-state index in [0.29, 0.717) is 31.1 Å². The number of nitrogens with one attached hydrogen (secondary N) is 1. The summed E-state index contributed by atoms with van der Waals surface area (Å²) in [5, 5.41) is 2.80. The molecular weight excluding hydrogens is 282 g/mol. The summed E-state index contributed by atoms with van der Waals surface area (Å²) in [5.41, 5.74) is 1.95. The topological polar surface area (TPSA) is 71.5 Å². The number of nitrogens with zero attached hydrogens (tertiary/aromatic N) is 2. The molecule has 1 saturated heterocycles. The lowest BCUT2D eigenvalue weighted by Gasteiger charge is -2.13. The fourth-order valence-corrected chi connectivity index (χ4v) is 2.23. The number of amides is 2. The lowest BCUT2D eigenvalue weighted by Crippen LogP contribution is -2.23. The van der Waals surface area contributed by atoms with E-state index in [1.807, 2.05) is 18.2 Å². The van der Waals surface area contributed by atoms with Gasteiger partial charge in [-0.1, -0.05) is 18.2 Å². The Morgan fingerprint density at radius 1 is 1.27 bits per heavy atom. The summed E-state index contributed by atoms with van der Waals surface area (Å²) in [4.78, 5) is 29.1. The third-order valence-electron chi connectivity index (χ3n) is 3.30. The fraction of sp³-hybridized carbons (Fsp3) is 0.188. The molecule has 0 unspecified atom stereocenters. The molecule has 22 heavy (non-hydrogen) atoms. The van der Waals surface area contributed by atoms with Crippen molar-refractivity contribution >= 4 is 17.7 Å². The third-order valence-corrected chi connectivity index (χ3v) is 3.30. The first-order valence-corrected chi connectivity index (χ1v) is 6.95.